The summed E-state index contributed by atoms with van der Waals surface area (Å²) in [5, 5.41) is 5.21. The maximum Gasteiger partial charge on any atom is 0.327 e. The standard InChI is InChI=1S/C12H13N2O2P/c1-8-11-3-2-10(14-7-12(15)16-17)6-9(11)4-5-13-8/h2-6,14H,7,17H2,1H3. The number of aromatic nitrogens is 1. The summed E-state index contributed by atoms with van der Waals surface area (Å²) in [5.41, 5.74) is 1.89. The summed E-state index contributed by atoms with van der Waals surface area (Å²) >= 11 is 0. The third-order valence-electron chi connectivity index (χ3n) is 2.53. The largest absolute Gasteiger partial charge is 0.450 e. The SMILES string of the molecule is Cc1nccc2cc(NCC(=O)OP)ccc12. The molecule has 1 N–H and O–H groups in total. The van der Waals surface area contributed by atoms with Crippen LogP contribution >= 0.6 is 9.47 Å². The molecule has 2 aromatic rings. The van der Waals surface area contributed by atoms with Crippen LogP contribution in [0.25, 0.3) is 10.8 Å². The molecule has 0 saturated heterocycles. The smallest absolute Gasteiger partial charge is 0.327 e. The monoisotopic (exact) mass is 248 g/mol. The van der Waals surface area contributed by atoms with Crippen molar-refractivity contribution in [3.63, 3.8) is 0 Å². The second kappa shape index (κ2) is 5.11. The number of anilines is 1. The number of rotatable bonds is 3. The quantitative estimate of drug-likeness (QED) is 0.847. The Hall–Kier alpha value is -1.67. The first-order chi connectivity index (χ1) is 8.20. The van der Waals surface area contributed by atoms with E-state index in [2.05, 4.69) is 14.8 Å². The third-order valence-corrected chi connectivity index (χ3v) is 2.79. The Labute approximate surface area is 102 Å². The topological polar surface area (TPSA) is 51.2 Å². The Morgan fingerprint density at radius 3 is 3.06 bits per heavy atom. The van der Waals surface area contributed by atoms with Gasteiger partial charge >= 0.3 is 5.97 Å². The lowest BCUT2D eigenvalue weighted by Crippen LogP contribution is -2.12. The van der Waals surface area contributed by atoms with Crippen molar-refractivity contribution in [3.8, 4) is 0 Å². The highest BCUT2D eigenvalue weighted by molar-refractivity contribution is 7.10. The van der Waals surface area contributed by atoms with Gasteiger partial charge in [0.05, 0.1) is 9.47 Å². The van der Waals surface area contributed by atoms with Gasteiger partial charge in [-0.1, -0.05) is 6.07 Å². The Morgan fingerprint density at radius 2 is 2.29 bits per heavy atom. The van der Waals surface area contributed by atoms with Gasteiger partial charge in [-0.2, -0.15) is 0 Å². The molecule has 5 heteroatoms. The van der Waals surface area contributed by atoms with Crippen molar-refractivity contribution < 1.29 is 9.32 Å². The average Bonchev–Trinajstić information content (AvgIpc) is 2.36. The van der Waals surface area contributed by atoms with E-state index in [0.717, 1.165) is 22.2 Å². The van der Waals surface area contributed by atoms with E-state index in [9.17, 15) is 4.79 Å². The van der Waals surface area contributed by atoms with Crippen LogP contribution in [0.2, 0.25) is 0 Å². The number of hydrogen-bond donors (Lipinski definition) is 1. The van der Waals surface area contributed by atoms with Crippen LogP contribution in [0.1, 0.15) is 5.69 Å². The lowest BCUT2D eigenvalue weighted by Gasteiger charge is -2.07. The number of fused-ring (bicyclic) bond motifs is 1. The molecule has 0 amide bonds. The average molecular weight is 248 g/mol. The van der Waals surface area contributed by atoms with Gasteiger partial charge in [-0.3, -0.25) is 4.98 Å². The molecule has 0 radical (unpaired) electrons. The molecule has 1 unspecified atom stereocenters. The van der Waals surface area contributed by atoms with E-state index in [0.29, 0.717) is 0 Å². The Bertz CT molecular complexity index is 557. The van der Waals surface area contributed by atoms with Crippen LogP contribution in [0.5, 0.6) is 0 Å². The molecule has 17 heavy (non-hydrogen) atoms. The zero-order valence-corrected chi connectivity index (χ0v) is 10.6. The van der Waals surface area contributed by atoms with Crippen molar-refractivity contribution in [2.24, 2.45) is 0 Å². The van der Waals surface area contributed by atoms with Crippen molar-refractivity contribution >= 4 is 31.9 Å². The van der Waals surface area contributed by atoms with E-state index in [1.807, 2.05) is 40.7 Å². The minimum absolute atomic E-state index is 0.152. The Morgan fingerprint density at radius 1 is 1.47 bits per heavy atom. The van der Waals surface area contributed by atoms with E-state index in [1.54, 1.807) is 6.20 Å². The maximum atomic E-state index is 11.0. The molecule has 1 atom stereocenters. The molecule has 2 rings (SSSR count). The van der Waals surface area contributed by atoms with Gasteiger partial charge in [0.2, 0.25) is 0 Å². The summed E-state index contributed by atoms with van der Waals surface area (Å²) in [5.74, 6) is -0.319. The normalized spacial score (nSPS) is 10.2. The van der Waals surface area contributed by atoms with Gasteiger partial charge in [0.1, 0.15) is 6.54 Å². The molecule has 0 fully saturated rings. The lowest BCUT2D eigenvalue weighted by atomic mass is 10.1. The predicted molar refractivity (Wildman–Crippen MR) is 70.8 cm³/mol. The summed E-state index contributed by atoms with van der Waals surface area (Å²) in [7, 11) is 1.94. The molecule has 88 valence electrons. The van der Waals surface area contributed by atoms with E-state index < -0.39 is 0 Å². The molecule has 0 spiro atoms. The van der Waals surface area contributed by atoms with Crippen LogP contribution in [-0.4, -0.2) is 17.5 Å². The van der Waals surface area contributed by atoms with Crippen molar-refractivity contribution in [2.75, 3.05) is 11.9 Å². The van der Waals surface area contributed by atoms with E-state index >= 15 is 0 Å². The van der Waals surface area contributed by atoms with Crippen molar-refractivity contribution in [1.82, 2.24) is 4.98 Å². The molecular weight excluding hydrogens is 235 g/mol. The van der Waals surface area contributed by atoms with Gasteiger partial charge in [-0.05, 0) is 30.5 Å². The zero-order chi connectivity index (χ0) is 12.3. The fourth-order valence-corrected chi connectivity index (χ4v) is 1.74. The van der Waals surface area contributed by atoms with Crippen molar-refractivity contribution in [2.45, 2.75) is 6.92 Å². The van der Waals surface area contributed by atoms with Crippen molar-refractivity contribution in [3.05, 3.63) is 36.2 Å². The molecule has 1 heterocycles. The number of hydrogen-bond acceptors (Lipinski definition) is 4. The van der Waals surface area contributed by atoms with Crippen LogP contribution in [0.4, 0.5) is 5.69 Å². The van der Waals surface area contributed by atoms with E-state index in [1.165, 1.54) is 0 Å². The molecule has 0 bridgehead atoms. The second-order valence-electron chi connectivity index (χ2n) is 3.68. The molecule has 0 aliphatic rings. The fourth-order valence-electron chi connectivity index (χ4n) is 1.65. The highest BCUT2D eigenvalue weighted by Gasteiger charge is 2.02. The summed E-state index contributed by atoms with van der Waals surface area (Å²) in [6.07, 6.45) is 1.78. The lowest BCUT2D eigenvalue weighted by molar-refractivity contribution is -0.131. The third kappa shape index (κ3) is 2.71. The summed E-state index contributed by atoms with van der Waals surface area (Å²) in [6.45, 7) is 2.13. The van der Waals surface area contributed by atoms with Crippen LogP contribution in [0, 0.1) is 6.92 Å². The van der Waals surface area contributed by atoms with Gasteiger partial charge in [-0.15, -0.1) is 0 Å². The maximum absolute atomic E-state index is 11.0. The molecule has 1 aromatic heterocycles. The second-order valence-corrected chi connectivity index (χ2v) is 3.91. The minimum Gasteiger partial charge on any atom is -0.450 e. The summed E-state index contributed by atoms with van der Waals surface area (Å²) < 4.78 is 4.48. The highest BCUT2D eigenvalue weighted by atomic mass is 31.0. The molecule has 4 nitrogen and oxygen atoms in total. The number of aryl methyl sites for hydroxylation is 1. The van der Waals surface area contributed by atoms with E-state index in [4.69, 9.17) is 0 Å². The molecule has 1 aromatic carbocycles. The van der Waals surface area contributed by atoms with Crippen LogP contribution in [0.15, 0.2) is 30.5 Å². The van der Waals surface area contributed by atoms with Crippen LogP contribution in [0.3, 0.4) is 0 Å². The van der Waals surface area contributed by atoms with Gasteiger partial charge in [0.25, 0.3) is 0 Å². The Balaban J connectivity index is 2.23. The van der Waals surface area contributed by atoms with Gasteiger partial charge in [0, 0.05) is 23.0 Å². The summed E-state index contributed by atoms with van der Waals surface area (Å²) in [6, 6.07) is 7.85. The number of nitrogens with zero attached hydrogens (tertiary/aromatic N) is 1. The number of nitrogens with one attached hydrogen (secondary N) is 1. The van der Waals surface area contributed by atoms with Gasteiger partial charge < -0.3 is 9.84 Å². The molecule has 0 aliphatic carbocycles. The van der Waals surface area contributed by atoms with Crippen LogP contribution < -0.4 is 5.32 Å². The highest BCUT2D eigenvalue weighted by Crippen LogP contribution is 2.20. The van der Waals surface area contributed by atoms with Gasteiger partial charge in [-0.25, -0.2) is 4.79 Å². The first kappa shape index (κ1) is 11.8. The van der Waals surface area contributed by atoms with Gasteiger partial charge in [0.15, 0.2) is 0 Å². The number of pyridine rings is 1. The van der Waals surface area contributed by atoms with Crippen LogP contribution in [-0.2, 0) is 9.32 Å². The number of benzene rings is 1. The first-order valence-corrected chi connectivity index (χ1v) is 5.66. The van der Waals surface area contributed by atoms with Crippen molar-refractivity contribution in [1.29, 1.82) is 0 Å². The minimum atomic E-state index is -0.319. The fraction of sp³-hybridized carbons (Fsp3) is 0.167. The predicted octanol–water partition coefficient (Wildman–Crippen LogP) is 2.29. The number of carbonyl (C=O) groups excluding carboxylic acids is 1. The Kier molecular flexibility index (Phi) is 3.55. The number of carbonyl (C=O) groups is 1. The molecular formula is C12H13N2O2P. The molecule has 0 saturated carbocycles. The summed E-state index contributed by atoms with van der Waals surface area (Å²) in [4.78, 5) is 15.2. The molecule has 0 aliphatic heterocycles. The first-order valence-electron chi connectivity index (χ1n) is 5.19. The van der Waals surface area contributed by atoms with E-state index in [-0.39, 0.29) is 12.5 Å². The zero-order valence-electron chi connectivity index (χ0n) is 9.43.